The Kier molecular flexibility index (Phi) is 13.7. The van der Waals surface area contributed by atoms with Crippen LogP contribution >= 0.6 is 43.2 Å². The lowest BCUT2D eigenvalue weighted by atomic mass is 9.71. The Labute approximate surface area is 424 Å². The van der Waals surface area contributed by atoms with E-state index in [1.807, 2.05) is 29.0 Å². The molecule has 5 aromatic carbocycles. The number of piperidine rings is 1. The smallest absolute Gasteiger partial charge is 0.238 e. The molecule has 1 aromatic heterocycles. The van der Waals surface area contributed by atoms with Gasteiger partial charge in [0.15, 0.2) is 5.76 Å². The maximum atomic E-state index is 15.3. The summed E-state index contributed by atoms with van der Waals surface area (Å²) in [6.07, 6.45) is 2.76. The molecule has 70 heavy (non-hydrogen) atoms. The zero-order valence-electron chi connectivity index (χ0n) is 39.7. The van der Waals surface area contributed by atoms with Crippen molar-refractivity contribution in [3.05, 3.63) is 115 Å². The van der Waals surface area contributed by atoms with Crippen LogP contribution < -0.4 is 15.5 Å². The summed E-state index contributed by atoms with van der Waals surface area (Å²) in [4.78, 5) is 15.3. The van der Waals surface area contributed by atoms with Crippen LogP contribution in [0.1, 0.15) is 121 Å². The standard InChI is InChI=1S/C56H61NO9S4/c1-4-28-20-44-49(57-25-28)31-10-5-9-29(18-31)19-35-39(26-68-69-44)36(22-32(50(35)61)17-27(2)3)54-53(64)52(63)48-43(66-54)24-41(60)47-37-21-30(11-7-15-58)33-12-6-13-34-45(33)46(37)38-23-42(65-55(47)48)40(59)14-8-16-67-70-56(34)51(38)62/h5-6,9-10,12-13,18,21-22,24,27-28,38,40,42,44,49,51,56-62,64H,4,7-8,11,14-17,19-20,23,25-26H2,1-3H3/t28-,38+,40-,42-,44+,49-,51+,56-/m1/s1. The molecule has 2 saturated heterocycles. The first-order valence-corrected chi connectivity index (χ1v) is 29.7. The second-order valence-corrected chi connectivity index (χ2v) is 25.7. The van der Waals surface area contributed by atoms with Gasteiger partial charge in [-0.15, -0.1) is 0 Å². The minimum atomic E-state index is -0.977. The van der Waals surface area contributed by atoms with Gasteiger partial charge in [0, 0.05) is 58.9 Å². The minimum absolute atomic E-state index is 0.00112. The molecule has 5 aliphatic rings. The number of fused-ring (bicyclic) bond motifs is 12. The summed E-state index contributed by atoms with van der Waals surface area (Å²) >= 11 is 0. The van der Waals surface area contributed by atoms with Crippen molar-refractivity contribution in [2.45, 2.75) is 125 Å². The van der Waals surface area contributed by atoms with E-state index in [1.165, 1.54) is 11.6 Å². The normalized spacial score (nSPS) is 25.3. The number of aromatic hydroxyl groups is 3. The van der Waals surface area contributed by atoms with E-state index >= 15 is 4.79 Å². The van der Waals surface area contributed by atoms with E-state index in [0.717, 1.165) is 63.7 Å². The molecule has 7 N–H and O–H groups in total. The van der Waals surface area contributed by atoms with E-state index in [2.05, 4.69) is 62.5 Å². The Bertz CT molecular complexity index is 3070. The van der Waals surface area contributed by atoms with Gasteiger partial charge in [-0.05, 0) is 131 Å². The summed E-state index contributed by atoms with van der Waals surface area (Å²) in [7, 11) is 6.88. The number of aliphatic hydroxyl groups excluding tert-OH is 3. The molecule has 0 unspecified atom stereocenters. The highest BCUT2D eigenvalue weighted by atomic mass is 33.1. The van der Waals surface area contributed by atoms with E-state index in [0.29, 0.717) is 72.4 Å². The van der Waals surface area contributed by atoms with E-state index in [-0.39, 0.29) is 75.0 Å². The lowest BCUT2D eigenvalue weighted by molar-refractivity contribution is 0.00975. The van der Waals surface area contributed by atoms with Crippen molar-refractivity contribution in [1.82, 2.24) is 5.32 Å². The Hall–Kier alpha value is -3.99. The highest BCUT2D eigenvalue weighted by Crippen LogP contribution is 2.59. The molecule has 0 saturated carbocycles. The number of benzene rings is 5. The van der Waals surface area contributed by atoms with Crippen LogP contribution in [0.2, 0.25) is 0 Å². The topological polar surface area (TPSA) is 173 Å². The predicted octanol–water partition coefficient (Wildman–Crippen LogP) is 11.6. The van der Waals surface area contributed by atoms with Crippen molar-refractivity contribution in [1.29, 1.82) is 0 Å². The Morgan fingerprint density at radius 3 is 2.54 bits per heavy atom. The predicted molar refractivity (Wildman–Crippen MR) is 287 cm³/mol. The van der Waals surface area contributed by atoms with Gasteiger partial charge in [-0.3, -0.25) is 4.79 Å². The van der Waals surface area contributed by atoms with Gasteiger partial charge in [0.2, 0.25) is 11.2 Å². The number of aryl methyl sites for hydroxylation is 1. The average Bonchev–Trinajstić information content (AvgIpc) is 3.37. The van der Waals surface area contributed by atoms with Gasteiger partial charge in [0.1, 0.15) is 34.3 Å². The number of phenolic OH excluding ortho intramolecular Hbond substituents is 2. The van der Waals surface area contributed by atoms with Crippen molar-refractivity contribution in [2.24, 2.45) is 11.8 Å². The number of hydrogen-bond acceptors (Lipinski definition) is 14. The van der Waals surface area contributed by atoms with Crippen LogP contribution in [0.5, 0.6) is 23.0 Å². The largest absolute Gasteiger partial charge is 0.507 e. The molecule has 0 radical (unpaired) electrons. The number of ether oxygens (including phenoxy) is 1. The molecule has 0 spiro atoms. The number of phenols is 2. The highest BCUT2D eigenvalue weighted by molar-refractivity contribution is 8.77. The molecule has 2 fully saturated rings. The molecule has 14 heteroatoms. The summed E-state index contributed by atoms with van der Waals surface area (Å²) in [6.45, 7) is 7.36. The second-order valence-electron chi connectivity index (χ2n) is 20.4. The molecule has 10 nitrogen and oxygen atoms in total. The first-order chi connectivity index (χ1) is 33.9. The van der Waals surface area contributed by atoms with Crippen molar-refractivity contribution >= 4 is 64.9 Å². The van der Waals surface area contributed by atoms with E-state index in [9.17, 15) is 30.6 Å². The van der Waals surface area contributed by atoms with Crippen molar-refractivity contribution in [2.75, 3.05) is 18.9 Å². The fraction of sp³-hybridized carbons (Fsp3) is 0.446. The maximum absolute atomic E-state index is 15.3. The third-order valence-corrected chi connectivity index (χ3v) is 21.1. The molecule has 8 atom stereocenters. The molecule has 5 heterocycles. The number of hydrogen-bond donors (Lipinski definition) is 7. The number of rotatable bonds is 7. The third-order valence-electron chi connectivity index (χ3n) is 15.5. The maximum Gasteiger partial charge on any atom is 0.238 e. The van der Waals surface area contributed by atoms with Gasteiger partial charge in [0.25, 0.3) is 0 Å². The van der Waals surface area contributed by atoms with Crippen LogP contribution in [0, 0.1) is 11.8 Å². The van der Waals surface area contributed by atoms with Crippen LogP contribution in [0.15, 0.2) is 69.9 Å². The lowest BCUT2D eigenvalue weighted by Gasteiger charge is -2.41. The first kappa shape index (κ1) is 48.3. The molecule has 1 aliphatic carbocycles. The second kappa shape index (κ2) is 19.8. The summed E-state index contributed by atoms with van der Waals surface area (Å²) < 4.78 is 13.8. The average molecular weight is 1020 g/mol. The van der Waals surface area contributed by atoms with E-state index < -0.39 is 35.4 Å². The van der Waals surface area contributed by atoms with E-state index in [4.69, 9.17) is 9.15 Å². The zero-order valence-corrected chi connectivity index (χ0v) is 43.0. The molecule has 6 aromatic rings. The summed E-state index contributed by atoms with van der Waals surface area (Å²) in [6, 6.07) is 20.2. The third kappa shape index (κ3) is 8.49. The monoisotopic (exact) mass is 1020 g/mol. The highest BCUT2D eigenvalue weighted by Gasteiger charge is 2.45. The van der Waals surface area contributed by atoms with Gasteiger partial charge in [-0.2, -0.15) is 0 Å². The quantitative estimate of drug-likeness (QED) is 0.0753. The van der Waals surface area contributed by atoms with Gasteiger partial charge >= 0.3 is 0 Å². The van der Waals surface area contributed by atoms with Crippen LogP contribution in [0.25, 0.3) is 44.2 Å². The number of aliphatic hydroxyl groups is 3. The number of nitrogens with one attached hydrogen (secondary N) is 1. The molecule has 0 amide bonds. The Morgan fingerprint density at radius 2 is 1.73 bits per heavy atom. The SMILES string of the molecule is CC[C@H]1CN[C@@H]2c3cccc(c3)Cc3c(O)c(CC(C)C)cc(-c4oc5cc(O)c6c(c5c(=O)c4O)O[C@@H]4C[C@H]5c7c-6cc(CCCO)c6cccc(c76)[C@@H](SSCCC[C@H]4O)[C@H]5O)c3CSS[C@H]2C1. The Balaban J connectivity index is 1.14. The summed E-state index contributed by atoms with van der Waals surface area (Å²) in [5.74, 6) is 0.735. The van der Waals surface area contributed by atoms with Gasteiger partial charge < -0.3 is 45.1 Å². The van der Waals surface area contributed by atoms with Crippen molar-refractivity contribution in [3.8, 4) is 45.4 Å². The lowest BCUT2D eigenvalue weighted by Crippen LogP contribution is -2.40. The van der Waals surface area contributed by atoms with Crippen LogP contribution in [0.4, 0.5) is 0 Å². The molecule has 11 rings (SSSR count). The Morgan fingerprint density at radius 1 is 0.900 bits per heavy atom. The molecule has 5 bridgehead atoms. The van der Waals surface area contributed by atoms with E-state index in [1.54, 1.807) is 32.4 Å². The zero-order chi connectivity index (χ0) is 48.5. The minimum Gasteiger partial charge on any atom is -0.507 e. The first-order valence-electron chi connectivity index (χ1n) is 25.0. The van der Waals surface area contributed by atoms with Crippen LogP contribution in [-0.4, -0.2) is 73.1 Å². The fourth-order valence-electron chi connectivity index (χ4n) is 12.0. The van der Waals surface area contributed by atoms with Crippen LogP contribution in [-0.2, 0) is 25.0 Å². The molecular formula is C56H61NO9S4. The van der Waals surface area contributed by atoms with Crippen molar-refractivity contribution < 1.29 is 39.8 Å². The summed E-state index contributed by atoms with van der Waals surface area (Å²) in [5, 5.41) is 77.5. The fourth-order valence-corrected chi connectivity index (χ4v) is 17.9. The molecular weight excluding hydrogens is 959 g/mol. The molecule has 368 valence electrons. The van der Waals surface area contributed by atoms with Crippen LogP contribution in [0.3, 0.4) is 0 Å². The summed E-state index contributed by atoms with van der Waals surface area (Å²) in [5.41, 5.74) is 7.73. The van der Waals surface area contributed by atoms with Gasteiger partial charge in [0.05, 0.1) is 23.0 Å². The van der Waals surface area contributed by atoms with Gasteiger partial charge in [-0.25, -0.2) is 0 Å². The molecule has 4 aliphatic heterocycles. The van der Waals surface area contributed by atoms with Gasteiger partial charge in [-0.1, -0.05) is 113 Å². The van der Waals surface area contributed by atoms with Crippen molar-refractivity contribution in [3.63, 3.8) is 0 Å².